The van der Waals surface area contributed by atoms with Gasteiger partial charge >= 0.3 is 5.97 Å². The Labute approximate surface area is 210 Å². The molecule has 0 unspecified atom stereocenters. The van der Waals surface area contributed by atoms with Crippen molar-refractivity contribution < 1.29 is 18.7 Å². The average molecular weight is 480 g/mol. The van der Waals surface area contributed by atoms with Gasteiger partial charge in [0.25, 0.3) is 0 Å². The van der Waals surface area contributed by atoms with Crippen molar-refractivity contribution in [3.05, 3.63) is 131 Å². The maximum absolute atomic E-state index is 14.3. The Morgan fingerprint density at radius 3 is 2.22 bits per heavy atom. The number of hydrogen-bond donors (Lipinski definition) is 0. The number of rotatable bonds is 8. The van der Waals surface area contributed by atoms with Gasteiger partial charge in [0, 0.05) is 5.56 Å². The molecule has 180 valence electrons. The summed E-state index contributed by atoms with van der Waals surface area (Å²) in [6.07, 6.45) is 2.49. The third-order valence-corrected chi connectivity index (χ3v) is 6.20. The first-order valence-corrected chi connectivity index (χ1v) is 12.0. The molecule has 0 spiro atoms. The van der Waals surface area contributed by atoms with E-state index in [1.54, 1.807) is 12.1 Å². The molecule has 4 aromatic rings. The van der Waals surface area contributed by atoms with Gasteiger partial charge < -0.3 is 9.47 Å². The van der Waals surface area contributed by atoms with E-state index in [0.717, 1.165) is 47.1 Å². The molecule has 0 amide bonds. The van der Waals surface area contributed by atoms with Crippen molar-refractivity contribution in [1.82, 2.24) is 4.98 Å². The molecule has 0 saturated heterocycles. The number of halogens is 1. The van der Waals surface area contributed by atoms with E-state index in [2.05, 4.69) is 4.98 Å². The van der Waals surface area contributed by atoms with Crippen molar-refractivity contribution in [1.29, 1.82) is 0 Å². The maximum atomic E-state index is 14.3. The Kier molecular flexibility index (Phi) is 7.17. The second-order valence-electron chi connectivity index (χ2n) is 8.70. The number of carbonyl (C=O) groups excluding carboxylic acids is 1. The summed E-state index contributed by atoms with van der Waals surface area (Å²) in [6, 6.07) is 29.4. The summed E-state index contributed by atoms with van der Waals surface area (Å²) in [7, 11) is 0. The van der Waals surface area contributed by atoms with Crippen LogP contribution in [0.3, 0.4) is 0 Å². The van der Waals surface area contributed by atoms with E-state index in [1.807, 2.05) is 72.8 Å². The Morgan fingerprint density at radius 1 is 0.778 bits per heavy atom. The number of allylic oxidation sites excluding steroid dienone is 2. The van der Waals surface area contributed by atoms with Crippen LogP contribution >= 0.6 is 0 Å². The Bertz CT molecular complexity index is 1380. The predicted molar refractivity (Wildman–Crippen MR) is 138 cm³/mol. The summed E-state index contributed by atoms with van der Waals surface area (Å²) in [4.78, 5) is 17.3. The molecule has 1 heterocycles. The third kappa shape index (κ3) is 5.52. The topological polar surface area (TPSA) is 48.4 Å². The first-order valence-electron chi connectivity index (χ1n) is 12.0. The summed E-state index contributed by atoms with van der Waals surface area (Å²) in [5, 5.41) is 0. The zero-order valence-electron chi connectivity index (χ0n) is 19.8. The quantitative estimate of drug-likeness (QED) is 0.250. The smallest absolute Gasteiger partial charge is 0.357 e. The minimum absolute atomic E-state index is 0.185. The van der Waals surface area contributed by atoms with Crippen molar-refractivity contribution in [2.24, 2.45) is 0 Å². The number of hydrogen-bond acceptors (Lipinski definition) is 4. The lowest BCUT2D eigenvalue weighted by Crippen LogP contribution is -2.08. The molecule has 1 aliphatic rings. The lowest BCUT2D eigenvalue weighted by atomic mass is 9.98. The fourth-order valence-electron chi connectivity index (χ4n) is 4.44. The van der Waals surface area contributed by atoms with Gasteiger partial charge in [-0.05, 0) is 71.9 Å². The van der Waals surface area contributed by atoms with Gasteiger partial charge in [0.2, 0.25) is 0 Å². The van der Waals surface area contributed by atoms with E-state index in [1.165, 1.54) is 12.1 Å². The second-order valence-corrected chi connectivity index (χ2v) is 8.70. The molecule has 4 nitrogen and oxygen atoms in total. The molecule has 0 radical (unpaired) electrons. The fraction of sp³-hybridized carbons (Fsp3) is 0.161. The van der Waals surface area contributed by atoms with Crippen molar-refractivity contribution >= 4 is 17.1 Å². The van der Waals surface area contributed by atoms with Crippen molar-refractivity contribution in [3.63, 3.8) is 0 Å². The Hall–Kier alpha value is -4.25. The van der Waals surface area contributed by atoms with E-state index >= 15 is 0 Å². The number of aromatic nitrogens is 1. The van der Waals surface area contributed by atoms with Crippen LogP contribution in [0.4, 0.5) is 4.39 Å². The van der Waals surface area contributed by atoms with Crippen LogP contribution in [0.2, 0.25) is 0 Å². The van der Waals surface area contributed by atoms with E-state index in [0.29, 0.717) is 18.1 Å². The standard InChI is InChI=1S/C31H26FNO3/c32-24-17-18-30(35-20-22-9-3-1-4-10-22)27(19-24)25-13-7-14-26(25)28-15-8-16-29(33-28)31(34)36-21-23-11-5-2-6-12-23/h1-6,8-12,15-19H,7,13-14,20-21H2. The molecular formula is C31H26FNO3. The fourth-order valence-corrected chi connectivity index (χ4v) is 4.44. The molecule has 5 rings (SSSR count). The highest BCUT2D eigenvalue weighted by atomic mass is 19.1. The first-order chi connectivity index (χ1) is 17.7. The zero-order valence-corrected chi connectivity index (χ0v) is 19.8. The van der Waals surface area contributed by atoms with Gasteiger partial charge in [-0.15, -0.1) is 0 Å². The summed E-state index contributed by atoms with van der Waals surface area (Å²) in [6.45, 7) is 0.577. The molecule has 0 fully saturated rings. The second kappa shape index (κ2) is 11.0. The molecule has 0 saturated carbocycles. The van der Waals surface area contributed by atoms with Gasteiger partial charge in [-0.1, -0.05) is 66.7 Å². The number of carbonyl (C=O) groups is 1. The highest BCUT2D eigenvalue weighted by molar-refractivity contribution is 5.94. The molecule has 1 aliphatic carbocycles. The molecule has 5 heteroatoms. The van der Waals surface area contributed by atoms with Crippen LogP contribution in [0.15, 0.2) is 97.1 Å². The molecule has 1 aromatic heterocycles. The lowest BCUT2D eigenvalue weighted by molar-refractivity contribution is 0.0465. The van der Waals surface area contributed by atoms with Gasteiger partial charge in [0.15, 0.2) is 0 Å². The van der Waals surface area contributed by atoms with Crippen LogP contribution in [0, 0.1) is 5.82 Å². The van der Waals surface area contributed by atoms with E-state index in [9.17, 15) is 9.18 Å². The van der Waals surface area contributed by atoms with E-state index in [4.69, 9.17) is 9.47 Å². The van der Waals surface area contributed by atoms with Gasteiger partial charge in [0.05, 0.1) is 5.69 Å². The van der Waals surface area contributed by atoms with Crippen LogP contribution in [0.5, 0.6) is 5.75 Å². The Morgan fingerprint density at radius 2 is 1.47 bits per heavy atom. The highest BCUT2D eigenvalue weighted by Gasteiger charge is 2.23. The average Bonchev–Trinajstić information content (AvgIpc) is 3.42. The first kappa shape index (κ1) is 23.5. The van der Waals surface area contributed by atoms with Crippen LogP contribution < -0.4 is 4.74 Å². The van der Waals surface area contributed by atoms with Crippen LogP contribution in [-0.4, -0.2) is 11.0 Å². The summed E-state index contributed by atoms with van der Waals surface area (Å²) < 4.78 is 25.9. The van der Waals surface area contributed by atoms with Crippen LogP contribution in [0.1, 0.15) is 52.1 Å². The van der Waals surface area contributed by atoms with Gasteiger partial charge in [-0.3, -0.25) is 0 Å². The highest BCUT2D eigenvalue weighted by Crippen LogP contribution is 2.42. The normalized spacial score (nSPS) is 13.0. The summed E-state index contributed by atoms with van der Waals surface area (Å²) in [5.74, 6) is -0.159. The van der Waals surface area contributed by atoms with Crippen molar-refractivity contribution in [2.75, 3.05) is 0 Å². The SMILES string of the molecule is O=C(OCc1ccccc1)c1cccc(C2=C(c3cc(F)ccc3OCc3ccccc3)CCC2)n1. The van der Waals surface area contributed by atoms with Crippen molar-refractivity contribution in [3.8, 4) is 5.75 Å². The molecule has 0 atom stereocenters. The third-order valence-electron chi connectivity index (χ3n) is 6.20. The number of nitrogens with zero attached hydrogens (tertiary/aromatic N) is 1. The molecule has 3 aromatic carbocycles. The predicted octanol–water partition coefficient (Wildman–Crippen LogP) is 7.25. The summed E-state index contributed by atoms with van der Waals surface area (Å²) >= 11 is 0. The zero-order chi connectivity index (χ0) is 24.7. The molecular weight excluding hydrogens is 453 g/mol. The minimum atomic E-state index is -0.474. The maximum Gasteiger partial charge on any atom is 0.357 e. The minimum Gasteiger partial charge on any atom is -0.488 e. The largest absolute Gasteiger partial charge is 0.488 e. The van der Waals surface area contributed by atoms with Crippen LogP contribution in [-0.2, 0) is 18.0 Å². The molecule has 0 bridgehead atoms. The van der Waals surface area contributed by atoms with Gasteiger partial charge in [0.1, 0.15) is 30.5 Å². The number of pyridine rings is 1. The van der Waals surface area contributed by atoms with Crippen molar-refractivity contribution in [2.45, 2.75) is 32.5 Å². The molecule has 0 aliphatic heterocycles. The number of benzene rings is 3. The van der Waals surface area contributed by atoms with Gasteiger partial charge in [-0.2, -0.15) is 0 Å². The summed E-state index contributed by atoms with van der Waals surface area (Å²) in [5.41, 5.74) is 5.64. The molecule has 0 N–H and O–H groups in total. The lowest BCUT2D eigenvalue weighted by Gasteiger charge is -2.15. The molecule has 36 heavy (non-hydrogen) atoms. The number of ether oxygens (including phenoxy) is 2. The monoisotopic (exact) mass is 479 g/mol. The van der Waals surface area contributed by atoms with E-state index < -0.39 is 5.97 Å². The van der Waals surface area contributed by atoms with E-state index in [-0.39, 0.29) is 18.1 Å². The Balaban J connectivity index is 1.40. The number of esters is 1. The van der Waals surface area contributed by atoms with Crippen LogP contribution in [0.25, 0.3) is 11.1 Å². The van der Waals surface area contributed by atoms with Gasteiger partial charge in [-0.25, -0.2) is 14.2 Å².